The molecule has 0 fully saturated rings. The Hall–Kier alpha value is -2.11. The van der Waals surface area contributed by atoms with E-state index in [-0.39, 0.29) is 26.1 Å². The van der Waals surface area contributed by atoms with Crippen LogP contribution in [-0.4, -0.2) is 97.3 Å². The number of likely N-dealkylation sites (N-methyl/N-ethyl adjacent to an activating group) is 1. The summed E-state index contributed by atoms with van der Waals surface area (Å²) in [4.78, 5) is 35.3. The molecule has 0 heterocycles. The van der Waals surface area contributed by atoms with Crippen molar-refractivity contribution in [2.24, 2.45) is 0 Å². The van der Waals surface area contributed by atoms with Gasteiger partial charge in [-0.3, -0.25) is 18.6 Å². The number of quaternary nitrogens is 1. The van der Waals surface area contributed by atoms with Crippen LogP contribution in [0.5, 0.6) is 0 Å². The van der Waals surface area contributed by atoms with Crippen molar-refractivity contribution in [2.45, 2.75) is 173 Å². The number of unbranched alkanes of at least 4 members (excludes halogenated alkanes) is 12. The number of esters is 2. The normalized spacial score (nSPS) is 15.2. The minimum atomic E-state index is -4.42. The maximum atomic E-state index is 12.7. The second-order valence-electron chi connectivity index (χ2n) is 15.7. The molecule has 3 N–H and O–H groups in total. The summed E-state index contributed by atoms with van der Waals surface area (Å²) < 4.78 is 34.1. The lowest BCUT2D eigenvalue weighted by Crippen LogP contribution is -2.37. The van der Waals surface area contributed by atoms with E-state index in [4.69, 9.17) is 18.5 Å². The highest BCUT2D eigenvalue weighted by molar-refractivity contribution is 7.47. The van der Waals surface area contributed by atoms with Gasteiger partial charge >= 0.3 is 19.8 Å². The number of ether oxygens (including phenoxy) is 2. The van der Waals surface area contributed by atoms with Crippen molar-refractivity contribution >= 4 is 19.8 Å². The molecule has 11 nitrogen and oxygen atoms in total. The molecular weight excluding hydrogens is 733 g/mol. The summed E-state index contributed by atoms with van der Waals surface area (Å²) >= 11 is 0. The SMILES string of the molecule is CCCCC/C=C\C/C=C\C/C=C\CCCCC(=O)O[C@H](COC(=O)CCCCCCC[C@@H](O)[C@H](O)C/C=C\CCCCC)COP(=O)(O)OCC[N+](C)(C)C. The number of hydrogen-bond donors (Lipinski definition) is 3. The number of aliphatic hydroxyl groups excluding tert-OH is 2. The number of phosphoric acid groups is 1. The molecule has 0 saturated carbocycles. The zero-order valence-corrected chi connectivity index (χ0v) is 36.7. The van der Waals surface area contributed by atoms with E-state index < -0.39 is 44.7 Å². The van der Waals surface area contributed by atoms with E-state index in [2.05, 4.69) is 56.4 Å². The summed E-state index contributed by atoms with van der Waals surface area (Å²) in [6.45, 7) is 4.09. The van der Waals surface area contributed by atoms with Gasteiger partial charge < -0.3 is 29.1 Å². The average Bonchev–Trinajstić information content (AvgIpc) is 3.14. The van der Waals surface area contributed by atoms with Crippen molar-refractivity contribution < 1.29 is 52.3 Å². The van der Waals surface area contributed by atoms with Crippen LogP contribution in [-0.2, 0) is 32.7 Å². The Kier molecular flexibility index (Phi) is 34.6. The molecule has 0 amide bonds. The zero-order valence-electron chi connectivity index (χ0n) is 35.8. The lowest BCUT2D eigenvalue weighted by molar-refractivity contribution is -0.870. The van der Waals surface area contributed by atoms with E-state index in [0.717, 1.165) is 70.6 Å². The van der Waals surface area contributed by atoms with Gasteiger partial charge in [-0.25, -0.2) is 4.57 Å². The molecular formula is C44H81NO10P+. The zero-order chi connectivity index (χ0) is 41.8. The highest BCUT2D eigenvalue weighted by Gasteiger charge is 2.27. The number of aliphatic hydroxyl groups is 2. The van der Waals surface area contributed by atoms with Gasteiger partial charge in [0.25, 0.3) is 0 Å². The van der Waals surface area contributed by atoms with Crippen molar-refractivity contribution in [3.8, 4) is 0 Å². The van der Waals surface area contributed by atoms with Gasteiger partial charge in [0.05, 0.1) is 40.0 Å². The number of nitrogens with zero attached hydrogens (tertiary/aromatic N) is 1. The number of phosphoric ester groups is 1. The first-order valence-corrected chi connectivity index (χ1v) is 23.0. The molecule has 0 aromatic heterocycles. The van der Waals surface area contributed by atoms with Gasteiger partial charge in [0.15, 0.2) is 6.10 Å². The van der Waals surface area contributed by atoms with Crippen LogP contribution in [0, 0.1) is 0 Å². The Morgan fingerprint density at radius 2 is 1.14 bits per heavy atom. The van der Waals surface area contributed by atoms with E-state index in [1.807, 2.05) is 27.2 Å². The van der Waals surface area contributed by atoms with Crippen molar-refractivity contribution in [2.75, 3.05) is 47.5 Å². The van der Waals surface area contributed by atoms with Crippen LogP contribution in [0.1, 0.15) is 155 Å². The molecule has 12 heteroatoms. The van der Waals surface area contributed by atoms with Gasteiger partial charge in [-0.15, -0.1) is 0 Å². The maximum absolute atomic E-state index is 12.7. The molecule has 0 aliphatic carbocycles. The van der Waals surface area contributed by atoms with E-state index in [1.54, 1.807) is 0 Å². The number of hydrogen-bond acceptors (Lipinski definition) is 9. The molecule has 0 aromatic rings. The fourth-order valence-electron chi connectivity index (χ4n) is 5.45. The Morgan fingerprint density at radius 3 is 1.75 bits per heavy atom. The number of allylic oxidation sites excluding steroid dienone is 7. The molecule has 0 aliphatic rings. The van der Waals surface area contributed by atoms with Crippen molar-refractivity contribution in [1.29, 1.82) is 0 Å². The molecule has 0 radical (unpaired) electrons. The summed E-state index contributed by atoms with van der Waals surface area (Å²) in [5.74, 6) is -0.959. The first kappa shape index (κ1) is 53.9. The first-order valence-electron chi connectivity index (χ1n) is 21.5. The quantitative estimate of drug-likeness (QED) is 0.0181. The monoisotopic (exact) mass is 815 g/mol. The topological polar surface area (TPSA) is 149 Å². The van der Waals surface area contributed by atoms with Crippen LogP contribution < -0.4 is 0 Å². The summed E-state index contributed by atoms with van der Waals surface area (Å²) in [6, 6.07) is 0. The van der Waals surface area contributed by atoms with Gasteiger partial charge in [0.1, 0.15) is 19.8 Å². The summed E-state index contributed by atoms with van der Waals surface area (Å²) in [5.41, 5.74) is 0. The molecule has 0 spiro atoms. The fourth-order valence-corrected chi connectivity index (χ4v) is 6.19. The third-order valence-electron chi connectivity index (χ3n) is 9.03. The Balaban J connectivity index is 4.57. The van der Waals surface area contributed by atoms with Crippen molar-refractivity contribution in [3.63, 3.8) is 0 Å². The summed E-state index contributed by atoms with van der Waals surface area (Å²) in [5, 5.41) is 20.4. The van der Waals surface area contributed by atoms with Crippen LogP contribution >= 0.6 is 7.82 Å². The summed E-state index contributed by atoms with van der Waals surface area (Å²) in [6.07, 6.45) is 33.3. The first-order chi connectivity index (χ1) is 26.8. The Labute approximate surface area is 340 Å². The average molecular weight is 815 g/mol. The largest absolute Gasteiger partial charge is 0.472 e. The second kappa shape index (κ2) is 36.0. The van der Waals surface area contributed by atoms with Crippen LogP contribution in [0.15, 0.2) is 48.6 Å². The van der Waals surface area contributed by atoms with Crippen LogP contribution in [0.4, 0.5) is 0 Å². The third-order valence-corrected chi connectivity index (χ3v) is 10.0. The fraction of sp³-hybridized carbons (Fsp3) is 0.773. The van der Waals surface area contributed by atoms with Crippen molar-refractivity contribution in [3.05, 3.63) is 48.6 Å². The van der Waals surface area contributed by atoms with E-state index in [9.17, 15) is 29.3 Å². The predicted molar refractivity (Wildman–Crippen MR) is 227 cm³/mol. The lowest BCUT2D eigenvalue weighted by Gasteiger charge is -2.24. The Bertz CT molecular complexity index is 1130. The molecule has 0 saturated heterocycles. The third kappa shape index (κ3) is 37.5. The smallest absolute Gasteiger partial charge is 0.462 e. The molecule has 4 atom stereocenters. The number of rotatable bonds is 38. The molecule has 0 aromatic carbocycles. The standard InChI is InChI=1S/C44H80NO10P/c1-6-8-10-12-14-15-16-17-18-19-20-21-22-26-31-35-44(49)55-40(39-54-56(50,51)53-37-36-45(3,4)5)38-52-43(48)34-30-27-23-25-29-33-42(47)41(46)32-28-24-13-11-9-7-2/h14-15,17-18,20-21,24,28,40-42,46-47H,6-13,16,19,22-23,25-27,29-39H2,1-5H3/p+1/b15-14-,18-17-,21-20-,28-24-/t40-,41-,42-/m1/s1. The van der Waals surface area contributed by atoms with E-state index in [0.29, 0.717) is 36.7 Å². The van der Waals surface area contributed by atoms with Crippen molar-refractivity contribution in [1.82, 2.24) is 0 Å². The van der Waals surface area contributed by atoms with E-state index in [1.165, 1.54) is 32.1 Å². The second-order valence-corrected chi connectivity index (χ2v) is 17.1. The molecule has 0 bridgehead atoms. The number of carbonyl (C=O) groups excluding carboxylic acids is 2. The number of carbonyl (C=O) groups is 2. The summed E-state index contributed by atoms with van der Waals surface area (Å²) in [7, 11) is 1.36. The minimum absolute atomic E-state index is 0.00260. The maximum Gasteiger partial charge on any atom is 0.472 e. The Morgan fingerprint density at radius 1 is 0.625 bits per heavy atom. The van der Waals surface area contributed by atoms with Gasteiger partial charge in [0, 0.05) is 12.8 Å². The highest BCUT2D eigenvalue weighted by atomic mass is 31.2. The van der Waals surface area contributed by atoms with Crippen LogP contribution in [0.2, 0.25) is 0 Å². The van der Waals surface area contributed by atoms with Crippen LogP contribution in [0.3, 0.4) is 0 Å². The molecule has 56 heavy (non-hydrogen) atoms. The van der Waals surface area contributed by atoms with Gasteiger partial charge in [-0.05, 0) is 77.0 Å². The van der Waals surface area contributed by atoms with E-state index >= 15 is 0 Å². The molecule has 0 rings (SSSR count). The molecule has 0 aliphatic heterocycles. The van der Waals surface area contributed by atoms with Gasteiger partial charge in [-0.1, -0.05) is 114 Å². The van der Waals surface area contributed by atoms with Gasteiger partial charge in [0.2, 0.25) is 0 Å². The molecule has 1 unspecified atom stereocenters. The lowest BCUT2D eigenvalue weighted by atomic mass is 10.0. The molecule has 326 valence electrons. The van der Waals surface area contributed by atoms with Crippen LogP contribution in [0.25, 0.3) is 0 Å². The highest BCUT2D eigenvalue weighted by Crippen LogP contribution is 2.43. The predicted octanol–water partition coefficient (Wildman–Crippen LogP) is 9.85. The minimum Gasteiger partial charge on any atom is -0.462 e. The van der Waals surface area contributed by atoms with Gasteiger partial charge in [-0.2, -0.15) is 0 Å².